The summed E-state index contributed by atoms with van der Waals surface area (Å²) in [6, 6.07) is 0. The first kappa shape index (κ1) is 50.8. The molecule has 13 nitrogen and oxygen atoms in total. The van der Waals surface area contributed by atoms with Gasteiger partial charge in [0.2, 0.25) is 0 Å². The van der Waals surface area contributed by atoms with Crippen molar-refractivity contribution in [3.8, 4) is 0 Å². The van der Waals surface area contributed by atoms with Gasteiger partial charge in [-0.2, -0.15) is 0 Å². The zero-order valence-corrected chi connectivity index (χ0v) is 34.1. The average molecular weight is 803 g/mol. The molecular weight excluding hydrogens is 731 g/mol. The largest absolute Gasteiger partial charge is 0.472 e. The van der Waals surface area contributed by atoms with Crippen LogP contribution in [0.25, 0.3) is 0 Å². The number of phosphoric ester groups is 1. The van der Waals surface area contributed by atoms with Crippen LogP contribution in [0.15, 0.2) is 48.6 Å². The van der Waals surface area contributed by atoms with Gasteiger partial charge in [-0.25, -0.2) is 4.57 Å². The maximum atomic E-state index is 12.7. The molecule has 1 rings (SSSR count). The number of ether oxygens (including phenoxy) is 2. The van der Waals surface area contributed by atoms with Crippen molar-refractivity contribution in [3.05, 3.63) is 48.6 Å². The van der Waals surface area contributed by atoms with Gasteiger partial charge in [-0.05, 0) is 38.5 Å². The van der Waals surface area contributed by atoms with E-state index in [1.807, 2.05) is 18.2 Å². The molecule has 6 unspecified atom stereocenters. The lowest BCUT2D eigenvalue weighted by atomic mass is 9.85. The van der Waals surface area contributed by atoms with Gasteiger partial charge in [-0.15, -0.1) is 0 Å². The Balaban J connectivity index is 2.57. The second-order valence-corrected chi connectivity index (χ2v) is 15.5. The first-order chi connectivity index (χ1) is 26.4. The number of aliphatic hydroxyl groups is 5. The lowest BCUT2D eigenvalue weighted by Gasteiger charge is -2.41. The Bertz CT molecular complexity index is 1160. The molecule has 0 aromatic carbocycles. The maximum absolute atomic E-state index is 12.7. The molecule has 1 saturated carbocycles. The third kappa shape index (κ3) is 24.9. The molecule has 0 spiro atoms. The third-order valence-electron chi connectivity index (χ3n) is 9.20. The molecule has 6 N–H and O–H groups in total. The predicted octanol–water partition coefficient (Wildman–Crippen LogP) is 6.83. The van der Waals surface area contributed by atoms with Gasteiger partial charge >= 0.3 is 19.8 Å². The van der Waals surface area contributed by atoms with E-state index in [0.717, 1.165) is 38.5 Å². The maximum Gasteiger partial charge on any atom is 0.472 e. The molecule has 0 saturated heterocycles. The van der Waals surface area contributed by atoms with Gasteiger partial charge in [0, 0.05) is 12.8 Å². The van der Waals surface area contributed by atoms with Crippen LogP contribution in [-0.4, -0.2) is 98.3 Å². The predicted molar refractivity (Wildman–Crippen MR) is 212 cm³/mol. The van der Waals surface area contributed by atoms with Gasteiger partial charge in [0.15, 0.2) is 6.10 Å². The summed E-state index contributed by atoms with van der Waals surface area (Å²) in [4.78, 5) is 35.5. The van der Waals surface area contributed by atoms with E-state index in [0.29, 0.717) is 19.3 Å². The minimum atomic E-state index is -5.13. The van der Waals surface area contributed by atoms with Crippen LogP contribution in [0.1, 0.15) is 142 Å². The van der Waals surface area contributed by atoms with E-state index in [4.69, 9.17) is 18.5 Å². The summed E-state index contributed by atoms with van der Waals surface area (Å²) in [5, 5.41) is 50.0. The molecule has 0 aromatic heterocycles. The van der Waals surface area contributed by atoms with E-state index in [1.54, 1.807) is 0 Å². The molecule has 14 heteroatoms. The number of hydrogen-bond acceptors (Lipinski definition) is 12. The van der Waals surface area contributed by atoms with Gasteiger partial charge in [0.1, 0.15) is 43.2 Å². The van der Waals surface area contributed by atoms with Crippen LogP contribution in [0.5, 0.6) is 0 Å². The Labute approximate surface area is 329 Å². The van der Waals surface area contributed by atoms with Gasteiger partial charge in [0.05, 0.1) is 6.61 Å². The van der Waals surface area contributed by atoms with Crippen LogP contribution in [0.2, 0.25) is 0 Å². The summed E-state index contributed by atoms with van der Waals surface area (Å²) < 4.78 is 33.3. The molecule has 0 aromatic rings. The zero-order chi connectivity index (χ0) is 40.7. The highest BCUT2D eigenvalue weighted by Gasteiger charge is 2.51. The first-order valence-corrected chi connectivity index (χ1v) is 21.9. The molecule has 1 aliphatic rings. The third-order valence-corrected chi connectivity index (χ3v) is 10.2. The van der Waals surface area contributed by atoms with E-state index in [9.17, 15) is 44.6 Å². The first-order valence-electron chi connectivity index (χ1n) is 20.4. The minimum Gasteiger partial charge on any atom is -0.462 e. The average Bonchev–Trinajstić information content (AvgIpc) is 3.16. The molecule has 318 valence electrons. The highest BCUT2D eigenvalue weighted by Crippen LogP contribution is 2.47. The number of unbranched alkanes of at least 4 members (excludes halogenated alkanes) is 12. The molecule has 0 aliphatic heterocycles. The summed E-state index contributed by atoms with van der Waals surface area (Å²) >= 11 is 0. The topological polar surface area (TPSA) is 210 Å². The van der Waals surface area contributed by atoms with Crippen LogP contribution in [0.3, 0.4) is 0 Å². The lowest BCUT2D eigenvalue weighted by molar-refractivity contribution is -0.220. The Morgan fingerprint density at radius 3 is 1.55 bits per heavy atom. The standard InChI is InChI=1S/C41H71O13P/c1-3-5-7-9-11-13-15-17-19-21-23-25-27-29-34(42)51-31-33(32-52-55(49,50)54-41-39(47)37(45)36(44)38(46)40(41)48)53-35(43)30-28-26-24-22-20-18-16-14-12-10-8-6-4-2/h6,8,12,14,18,20,24,26,33,36-41,44-48H,3-5,7,9-11,13,15-17,19,21-23,25,27-32H2,1-2H3,(H,49,50)/b8-6-,14-12-,20-18-,26-24-. The van der Waals surface area contributed by atoms with Crippen molar-refractivity contribution in [3.63, 3.8) is 0 Å². The van der Waals surface area contributed by atoms with Gasteiger partial charge < -0.3 is 39.9 Å². The number of carbonyl (C=O) groups is 2. The van der Waals surface area contributed by atoms with E-state index in [-0.39, 0.29) is 12.8 Å². The summed E-state index contributed by atoms with van der Waals surface area (Å²) in [7, 11) is -5.13. The fraction of sp³-hybridized carbons (Fsp3) is 0.756. The Kier molecular flexibility index (Phi) is 29.4. The Hall–Kier alpha value is -2.19. The molecule has 0 amide bonds. The molecule has 0 bridgehead atoms. The number of esters is 2. The highest BCUT2D eigenvalue weighted by molar-refractivity contribution is 7.47. The fourth-order valence-electron chi connectivity index (χ4n) is 5.89. The number of allylic oxidation sites excluding steroid dienone is 8. The fourth-order valence-corrected chi connectivity index (χ4v) is 6.86. The van der Waals surface area contributed by atoms with Crippen molar-refractivity contribution in [2.24, 2.45) is 0 Å². The highest BCUT2D eigenvalue weighted by atomic mass is 31.2. The molecule has 0 heterocycles. The quantitative estimate of drug-likeness (QED) is 0.0179. The normalized spacial score (nSPS) is 23.6. The smallest absolute Gasteiger partial charge is 0.462 e. The second-order valence-electron chi connectivity index (χ2n) is 14.1. The van der Waals surface area contributed by atoms with Crippen LogP contribution in [0.4, 0.5) is 0 Å². The van der Waals surface area contributed by atoms with Crippen molar-refractivity contribution in [2.45, 2.75) is 185 Å². The molecule has 55 heavy (non-hydrogen) atoms. The van der Waals surface area contributed by atoms with Gasteiger partial charge in [0.25, 0.3) is 0 Å². The summed E-state index contributed by atoms with van der Waals surface area (Å²) in [5.41, 5.74) is 0. The van der Waals surface area contributed by atoms with Gasteiger partial charge in [-0.3, -0.25) is 18.6 Å². The van der Waals surface area contributed by atoms with Crippen molar-refractivity contribution in [2.75, 3.05) is 13.2 Å². The molecule has 0 radical (unpaired) electrons. The Morgan fingerprint density at radius 2 is 1.04 bits per heavy atom. The number of rotatable bonds is 32. The van der Waals surface area contributed by atoms with Gasteiger partial charge in [-0.1, -0.05) is 140 Å². The summed E-state index contributed by atoms with van der Waals surface area (Å²) in [6.07, 6.45) is 22.0. The summed E-state index contributed by atoms with van der Waals surface area (Å²) in [5.74, 6) is -1.20. The summed E-state index contributed by atoms with van der Waals surface area (Å²) in [6.45, 7) is 3.09. The number of carbonyl (C=O) groups excluding carboxylic acids is 2. The van der Waals surface area contributed by atoms with Crippen molar-refractivity contribution in [1.29, 1.82) is 0 Å². The van der Waals surface area contributed by atoms with E-state index in [1.165, 1.54) is 57.8 Å². The van der Waals surface area contributed by atoms with E-state index in [2.05, 4.69) is 44.2 Å². The lowest BCUT2D eigenvalue weighted by Crippen LogP contribution is -2.64. The van der Waals surface area contributed by atoms with Crippen LogP contribution < -0.4 is 0 Å². The molecule has 1 aliphatic carbocycles. The van der Waals surface area contributed by atoms with Crippen molar-refractivity contribution in [1.82, 2.24) is 0 Å². The number of aliphatic hydroxyl groups excluding tert-OH is 5. The van der Waals surface area contributed by atoms with Crippen LogP contribution in [-0.2, 0) is 32.7 Å². The van der Waals surface area contributed by atoms with Crippen molar-refractivity contribution >= 4 is 19.8 Å². The van der Waals surface area contributed by atoms with Crippen LogP contribution in [0, 0.1) is 0 Å². The zero-order valence-electron chi connectivity index (χ0n) is 33.2. The molecular formula is C41H71O13P. The van der Waals surface area contributed by atoms with E-state index < -0.39 is 75.7 Å². The monoisotopic (exact) mass is 802 g/mol. The van der Waals surface area contributed by atoms with Crippen LogP contribution >= 0.6 is 7.82 Å². The number of phosphoric acid groups is 1. The molecule has 6 atom stereocenters. The Morgan fingerprint density at radius 1 is 0.582 bits per heavy atom. The van der Waals surface area contributed by atoms with E-state index >= 15 is 0 Å². The number of hydrogen-bond donors (Lipinski definition) is 6. The SMILES string of the molecule is CC/C=C\C/C=C\C/C=C\C/C=C\CCC(=O)OC(COC(=O)CCCCCCCCCCCCCCC)COP(=O)(O)OC1C(O)C(O)C(O)C(O)C1O. The minimum absolute atomic E-state index is 0.0243. The molecule has 1 fully saturated rings. The van der Waals surface area contributed by atoms with Crippen molar-refractivity contribution < 1.29 is 63.1 Å². The second kappa shape index (κ2) is 31.8.